The summed E-state index contributed by atoms with van der Waals surface area (Å²) < 4.78 is 0. The predicted octanol–water partition coefficient (Wildman–Crippen LogP) is 2.40. The Hall–Kier alpha value is -0.330. The minimum atomic E-state index is 0.716. The standard InChI is InChI=1S/C9H16O/c1-8-2-4-9(5-3-8)6-7-10/h7-9H,2-6H2,1H3/t8-,9-. The molecule has 0 radical (unpaired) electrons. The Bertz CT molecular complexity index is 101. The molecule has 58 valence electrons. The zero-order valence-electron chi connectivity index (χ0n) is 6.68. The number of carbonyl (C=O) groups is 1. The molecule has 0 aromatic rings. The number of hydrogen-bond acceptors (Lipinski definition) is 1. The maximum atomic E-state index is 10.2. The molecule has 1 heteroatoms. The Morgan fingerprint density at radius 1 is 1.30 bits per heavy atom. The molecular formula is C9H16O. The van der Waals surface area contributed by atoms with Crippen molar-refractivity contribution in [3.63, 3.8) is 0 Å². The van der Waals surface area contributed by atoms with E-state index in [1.54, 1.807) is 0 Å². The molecule has 0 N–H and O–H groups in total. The molecule has 1 saturated carbocycles. The third kappa shape index (κ3) is 2.13. The molecule has 1 nitrogen and oxygen atoms in total. The van der Waals surface area contributed by atoms with Crippen molar-refractivity contribution in [3.8, 4) is 0 Å². The lowest BCUT2D eigenvalue weighted by Crippen LogP contribution is -2.12. The van der Waals surface area contributed by atoms with Crippen LogP contribution in [0.2, 0.25) is 0 Å². The second-order valence-corrected chi connectivity index (χ2v) is 3.53. The highest BCUT2D eigenvalue weighted by Gasteiger charge is 2.16. The molecule has 0 aromatic carbocycles. The predicted molar refractivity (Wildman–Crippen MR) is 41.8 cm³/mol. The lowest BCUT2D eigenvalue weighted by molar-refractivity contribution is -0.108. The van der Waals surface area contributed by atoms with Crippen LogP contribution in [0.25, 0.3) is 0 Å². The topological polar surface area (TPSA) is 17.1 Å². The zero-order valence-corrected chi connectivity index (χ0v) is 6.68. The van der Waals surface area contributed by atoms with Gasteiger partial charge in [-0.15, -0.1) is 0 Å². The average Bonchev–Trinajstić information content (AvgIpc) is 1.95. The third-order valence-corrected chi connectivity index (χ3v) is 2.56. The highest BCUT2D eigenvalue weighted by Crippen LogP contribution is 2.29. The minimum Gasteiger partial charge on any atom is -0.303 e. The highest BCUT2D eigenvalue weighted by molar-refractivity contribution is 5.49. The van der Waals surface area contributed by atoms with Crippen molar-refractivity contribution in [2.24, 2.45) is 11.8 Å². The van der Waals surface area contributed by atoms with Crippen molar-refractivity contribution in [1.29, 1.82) is 0 Å². The second kappa shape index (κ2) is 3.75. The van der Waals surface area contributed by atoms with Crippen LogP contribution in [0.3, 0.4) is 0 Å². The van der Waals surface area contributed by atoms with Crippen LogP contribution in [0.4, 0.5) is 0 Å². The van der Waals surface area contributed by atoms with E-state index in [0.717, 1.165) is 18.6 Å². The maximum absolute atomic E-state index is 10.2. The van der Waals surface area contributed by atoms with Crippen LogP contribution in [-0.2, 0) is 4.79 Å². The molecule has 0 unspecified atom stereocenters. The fraction of sp³-hybridized carbons (Fsp3) is 0.889. The van der Waals surface area contributed by atoms with Crippen molar-refractivity contribution in [2.75, 3.05) is 0 Å². The smallest absolute Gasteiger partial charge is 0.120 e. The SMILES string of the molecule is C[C@H]1CC[C@H](CC=O)CC1. The monoisotopic (exact) mass is 140 g/mol. The molecule has 1 aliphatic rings. The lowest BCUT2D eigenvalue weighted by atomic mass is 9.82. The normalized spacial score (nSPS) is 33.7. The van der Waals surface area contributed by atoms with Gasteiger partial charge in [-0.2, -0.15) is 0 Å². The molecular weight excluding hydrogens is 124 g/mol. The summed E-state index contributed by atoms with van der Waals surface area (Å²) in [7, 11) is 0. The van der Waals surface area contributed by atoms with E-state index in [2.05, 4.69) is 6.92 Å². The van der Waals surface area contributed by atoms with Gasteiger partial charge in [-0.1, -0.05) is 19.8 Å². The van der Waals surface area contributed by atoms with Gasteiger partial charge in [-0.05, 0) is 24.7 Å². The van der Waals surface area contributed by atoms with E-state index in [4.69, 9.17) is 0 Å². The van der Waals surface area contributed by atoms with E-state index in [1.807, 2.05) is 0 Å². The summed E-state index contributed by atoms with van der Waals surface area (Å²) in [4.78, 5) is 10.2. The summed E-state index contributed by atoms with van der Waals surface area (Å²) in [6, 6.07) is 0. The summed E-state index contributed by atoms with van der Waals surface area (Å²) in [6.07, 6.45) is 7.09. The molecule has 0 bridgehead atoms. The summed E-state index contributed by atoms with van der Waals surface area (Å²) in [5.41, 5.74) is 0. The second-order valence-electron chi connectivity index (χ2n) is 3.53. The molecule has 1 rings (SSSR count). The molecule has 1 aliphatic carbocycles. The van der Waals surface area contributed by atoms with Crippen LogP contribution in [0.5, 0.6) is 0 Å². The number of aldehydes is 1. The summed E-state index contributed by atoms with van der Waals surface area (Å²) in [5.74, 6) is 1.62. The largest absolute Gasteiger partial charge is 0.303 e. The first-order valence-corrected chi connectivity index (χ1v) is 4.26. The maximum Gasteiger partial charge on any atom is 0.120 e. The molecule has 0 aromatic heterocycles. The van der Waals surface area contributed by atoms with E-state index in [1.165, 1.54) is 25.7 Å². The summed E-state index contributed by atoms with van der Waals surface area (Å²) in [6.45, 7) is 2.30. The first-order valence-electron chi connectivity index (χ1n) is 4.26. The van der Waals surface area contributed by atoms with Crippen molar-refractivity contribution in [3.05, 3.63) is 0 Å². The Kier molecular flexibility index (Phi) is 2.91. The third-order valence-electron chi connectivity index (χ3n) is 2.56. The van der Waals surface area contributed by atoms with E-state index in [-0.39, 0.29) is 0 Å². The van der Waals surface area contributed by atoms with Gasteiger partial charge in [0, 0.05) is 6.42 Å². The van der Waals surface area contributed by atoms with Gasteiger partial charge in [0.05, 0.1) is 0 Å². The van der Waals surface area contributed by atoms with Crippen LogP contribution in [0.15, 0.2) is 0 Å². The van der Waals surface area contributed by atoms with E-state index < -0.39 is 0 Å². The van der Waals surface area contributed by atoms with Crippen LogP contribution < -0.4 is 0 Å². The van der Waals surface area contributed by atoms with Crippen molar-refractivity contribution in [1.82, 2.24) is 0 Å². The van der Waals surface area contributed by atoms with Crippen LogP contribution in [0.1, 0.15) is 39.0 Å². The Labute approximate surface area is 62.8 Å². The van der Waals surface area contributed by atoms with Gasteiger partial charge in [0.1, 0.15) is 6.29 Å². The van der Waals surface area contributed by atoms with Crippen LogP contribution in [-0.4, -0.2) is 6.29 Å². The van der Waals surface area contributed by atoms with Gasteiger partial charge in [0.15, 0.2) is 0 Å². The summed E-state index contributed by atoms with van der Waals surface area (Å²) >= 11 is 0. The minimum absolute atomic E-state index is 0.716. The molecule has 0 saturated heterocycles. The van der Waals surface area contributed by atoms with Crippen LogP contribution in [0, 0.1) is 11.8 Å². The van der Waals surface area contributed by atoms with Gasteiger partial charge in [-0.25, -0.2) is 0 Å². The zero-order chi connectivity index (χ0) is 7.40. The lowest BCUT2D eigenvalue weighted by Gasteiger charge is -2.24. The molecule has 0 spiro atoms. The number of rotatable bonds is 2. The van der Waals surface area contributed by atoms with Crippen molar-refractivity contribution >= 4 is 6.29 Å². The van der Waals surface area contributed by atoms with Crippen LogP contribution >= 0.6 is 0 Å². The quantitative estimate of drug-likeness (QED) is 0.538. The van der Waals surface area contributed by atoms with Crippen molar-refractivity contribution in [2.45, 2.75) is 39.0 Å². The fourth-order valence-electron chi connectivity index (χ4n) is 1.70. The first-order chi connectivity index (χ1) is 4.83. The van der Waals surface area contributed by atoms with Gasteiger partial charge >= 0.3 is 0 Å². The molecule has 0 aliphatic heterocycles. The first kappa shape index (κ1) is 7.77. The van der Waals surface area contributed by atoms with Gasteiger partial charge in [0.25, 0.3) is 0 Å². The number of carbonyl (C=O) groups excluding carboxylic acids is 1. The Morgan fingerprint density at radius 2 is 1.90 bits per heavy atom. The van der Waals surface area contributed by atoms with E-state index in [9.17, 15) is 4.79 Å². The van der Waals surface area contributed by atoms with E-state index >= 15 is 0 Å². The van der Waals surface area contributed by atoms with E-state index in [0.29, 0.717) is 5.92 Å². The number of hydrogen-bond donors (Lipinski definition) is 0. The van der Waals surface area contributed by atoms with Gasteiger partial charge in [-0.3, -0.25) is 0 Å². The Balaban J connectivity index is 2.19. The molecule has 0 amide bonds. The Morgan fingerprint density at radius 3 is 2.40 bits per heavy atom. The molecule has 0 heterocycles. The molecule has 10 heavy (non-hydrogen) atoms. The molecule has 0 atom stereocenters. The van der Waals surface area contributed by atoms with Crippen molar-refractivity contribution < 1.29 is 4.79 Å². The highest BCUT2D eigenvalue weighted by atomic mass is 16.1. The van der Waals surface area contributed by atoms with Gasteiger partial charge in [0.2, 0.25) is 0 Å². The summed E-state index contributed by atoms with van der Waals surface area (Å²) in [5, 5.41) is 0. The fourth-order valence-corrected chi connectivity index (χ4v) is 1.70. The molecule has 1 fully saturated rings. The average molecular weight is 140 g/mol. The van der Waals surface area contributed by atoms with Gasteiger partial charge < -0.3 is 4.79 Å².